The molecule has 0 saturated carbocycles. The van der Waals surface area contributed by atoms with Crippen molar-refractivity contribution in [1.29, 1.82) is 0 Å². The van der Waals surface area contributed by atoms with Gasteiger partial charge in [0.25, 0.3) is 5.91 Å². The lowest BCUT2D eigenvalue weighted by molar-refractivity contribution is 0.0953. The molecule has 21 heavy (non-hydrogen) atoms. The smallest absolute Gasteiger partial charge is 0.280 e. The molecule has 0 aliphatic carbocycles. The number of ether oxygens (including phenoxy) is 1. The van der Waals surface area contributed by atoms with Crippen molar-refractivity contribution in [3.8, 4) is 11.5 Å². The fourth-order valence-electron chi connectivity index (χ4n) is 2.43. The van der Waals surface area contributed by atoms with Crippen molar-refractivity contribution in [1.82, 2.24) is 4.98 Å². The van der Waals surface area contributed by atoms with Gasteiger partial charge in [0.05, 0.1) is 12.2 Å². The fourth-order valence-corrected chi connectivity index (χ4v) is 2.43. The van der Waals surface area contributed by atoms with Crippen molar-refractivity contribution in [2.75, 3.05) is 11.4 Å². The van der Waals surface area contributed by atoms with Gasteiger partial charge in [0, 0.05) is 6.20 Å². The highest BCUT2D eigenvalue weighted by molar-refractivity contribution is 6.07. The summed E-state index contributed by atoms with van der Waals surface area (Å²) in [5.74, 6) is 0.237. The van der Waals surface area contributed by atoms with Crippen molar-refractivity contribution in [3.05, 3.63) is 47.8 Å². The quantitative estimate of drug-likeness (QED) is 0.874. The summed E-state index contributed by atoms with van der Waals surface area (Å²) in [7, 11) is 0. The summed E-state index contributed by atoms with van der Waals surface area (Å²) in [6.45, 7) is 4.30. The van der Waals surface area contributed by atoms with Crippen LogP contribution in [0.25, 0.3) is 0 Å². The van der Waals surface area contributed by atoms with E-state index in [-0.39, 0.29) is 23.5 Å². The van der Waals surface area contributed by atoms with E-state index >= 15 is 0 Å². The van der Waals surface area contributed by atoms with Crippen molar-refractivity contribution in [3.63, 3.8) is 0 Å². The van der Waals surface area contributed by atoms with Gasteiger partial charge >= 0.3 is 0 Å². The molecule has 0 bridgehead atoms. The Morgan fingerprint density at radius 3 is 3.00 bits per heavy atom. The van der Waals surface area contributed by atoms with Crippen LogP contribution in [0, 0.1) is 6.92 Å². The minimum Gasteiger partial charge on any atom is -0.505 e. The van der Waals surface area contributed by atoms with E-state index in [4.69, 9.17) is 4.74 Å². The highest BCUT2D eigenvalue weighted by Gasteiger charge is 2.30. The Hall–Kier alpha value is -2.56. The van der Waals surface area contributed by atoms with Gasteiger partial charge in [0.2, 0.25) is 0 Å². The maximum Gasteiger partial charge on any atom is 0.280 e. The summed E-state index contributed by atoms with van der Waals surface area (Å²) in [5.41, 5.74) is 1.82. The summed E-state index contributed by atoms with van der Waals surface area (Å²) in [6, 6.07) is 8.74. The number of anilines is 1. The van der Waals surface area contributed by atoms with E-state index in [1.54, 1.807) is 11.0 Å². The number of aromatic nitrogens is 1. The molecule has 0 fully saturated rings. The van der Waals surface area contributed by atoms with Crippen LogP contribution >= 0.6 is 0 Å². The number of carbonyl (C=O) groups excluding carboxylic acids is 1. The second-order valence-electron chi connectivity index (χ2n) is 5.19. The Bertz CT molecular complexity index is 700. The molecule has 0 saturated heterocycles. The van der Waals surface area contributed by atoms with E-state index in [2.05, 4.69) is 4.98 Å². The van der Waals surface area contributed by atoms with Gasteiger partial charge in [-0.25, -0.2) is 4.98 Å². The Labute approximate surface area is 122 Å². The molecule has 2 heterocycles. The van der Waals surface area contributed by atoms with E-state index < -0.39 is 0 Å². The molecule has 1 aromatic heterocycles. The lowest BCUT2D eigenvalue weighted by Gasteiger charge is -2.33. The molecular weight excluding hydrogens is 268 g/mol. The van der Waals surface area contributed by atoms with Crippen LogP contribution in [0.4, 0.5) is 5.69 Å². The van der Waals surface area contributed by atoms with Crippen LogP contribution in [-0.2, 0) is 0 Å². The zero-order chi connectivity index (χ0) is 15.0. The molecule has 5 nitrogen and oxygen atoms in total. The van der Waals surface area contributed by atoms with E-state index in [1.165, 1.54) is 12.3 Å². The summed E-state index contributed by atoms with van der Waals surface area (Å²) in [4.78, 5) is 18.3. The topological polar surface area (TPSA) is 62.7 Å². The molecule has 108 valence electrons. The van der Waals surface area contributed by atoms with Gasteiger partial charge in [-0.15, -0.1) is 0 Å². The number of carbonyl (C=O) groups is 1. The van der Waals surface area contributed by atoms with Gasteiger partial charge in [-0.05, 0) is 43.7 Å². The second kappa shape index (κ2) is 5.09. The maximum absolute atomic E-state index is 12.7. The molecule has 1 aromatic carbocycles. The molecule has 3 rings (SSSR count). The highest BCUT2D eigenvalue weighted by atomic mass is 16.5. The molecule has 0 unspecified atom stereocenters. The van der Waals surface area contributed by atoms with Crippen LogP contribution in [0.15, 0.2) is 36.5 Å². The van der Waals surface area contributed by atoms with Crippen LogP contribution in [0.3, 0.4) is 0 Å². The summed E-state index contributed by atoms with van der Waals surface area (Å²) in [6.07, 6.45) is 1.38. The van der Waals surface area contributed by atoms with Crippen LogP contribution in [0.5, 0.6) is 11.5 Å². The average molecular weight is 284 g/mol. The third-order valence-electron chi connectivity index (χ3n) is 3.41. The Morgan fingerprint density at radius 1 is 1.43 bits per heavy atom. The van der Waals surface area contributed by atoms with E-state index in [1.807, 2.05) is 32.0 Å². The van der Waals surface area contributed by atoms with Gasteiger partial charge in [0.15, 0.2) is 5.69 Å². The van der Waals surface area contributed by atoms with Crippen molar-refractivity contribution >= 4 is 11.6 Å². The third-order valence-corrected chi connectivity index (χ3v) is 3.41. The highest BCUT2D eigenvalue weighted by Crippen LogP contribution is 2.35. The second-order valence-corrected chi connectivity index (χ2v) is 5.19. The van der Waals surface area contributed by atoms with E-state index in [0.29, 0.717) is 18.0 Å². The summed E-state index contributed by atoms with van der Waals surface area (Å²) >= 11 is 0. The Kier molecular flexibility index (Phi) is 3.25. The number of pyridine rings is 1. The Balaban J connectivity index is 2.04. The van der Waals surface area contributed by atoms with Gasteiger partial charge in [-0.1, -0.05) is 6.07 Å². The number of rotatable bonds is 1. The first-order chi connectivity index (χ1) is 10.1. The van der Waals surface area contributed by atoms with Gasteiger partial charge < -0.3 is 9.84 Å². The first-order valence-electron chi connectivity index (χ1n) is 6.79. The largest absolute Gasteiger partial charge is 0.505 e. The summed E-state index contributed by atoms with van der Waals surface area (Å²) < 4.78 is 5.78. The number of nitrogens with zero attached hydrogens (tertiary/aromatic N) is 2. The lowest BCUT2D eigenvalue weighted by atomic mass is 10.1. The zero-order valence-corrected chi connectivity index (χ0v) is 11.9. The zero-order valence-electron chi connectivity index (χ0n) is 11.9. The predicted molar refractivity (Wildman–Crippen MR) is 78.8 cm³/mol. The van der Waals surface area contributed by atoms with Gasteiger partial charge in [-0.3, -0.25) is 9.69 Å². The minimum atomic E-state index is -0.326. The van der Waals surface area contributed by atoms with Crippen LogP contribution < -0.4 is 9.64 Å². The number of benzene rings is 1. The van der Waals surface area contributed by atoms with Crippen molar-refractivity contribution in [2.24, 2.45) is 0 Å². The normalized spacial score (nSPS) is 17.0. The first kappa shape index (κ1) is 13.4. The first-order valence-corrected chi connectivity index (χ1v) is 6.79. The molecule has 1 amide bonds. The van der Waals surface area contributed by atoms with Crippen molar-refractivity contribution < 1.29 is 14.6 Å². The van der Waals surface area contributed by atoms with Crippen molar-refractivity contribution in [2.45, 2.75) is 20.0 Å². The molecule has 1 N–H and O–H groups in total. The molecule has 1 aliphatic rings. The van der Waals surface area contributed by atoms with E-state index in [0.717, 1.165) is 5.56 Å². The molecule has 1 aliphatic heterocycles. The fraction of sp³-hybridized carbons (Fsp3) is 0.250. The number of fused-ring (bicyclic) bond motifs is 1. The van der Waals surface area contributed by atoms with E-state index in [9.17, 15) is 9.90 Å². The molecule has 2 aromatic rings. The standard InChI is InChI=1S/C16H16N2O3/c1-10-5-6-12-14(8-10)21-11(2)9-18(12)16(20)15-13(19)4-3-7-17-15/h3-8,11,19H,9H2,1-2H3/t11-/m1/s1. The van der Waals surface area contributed by atoms with Crippen LogP contribution in [0.1, 0.15) is 23.0 Å². The number of aromatic hydroxyl groups is 1. The Morgan fingerprint density at radius 2 is 2.24 bits per heavy atom. The maximum atomic E-state index is 12.7. The average Bonchev–Trinajstić information content (AvgIpc) is 2.45. The monoisotopic (exact) mass is 284 g/mol. The molecule has 5 heteroatoms. The number of hydrogen-bond donors (Lipinski definition) is 1. The van der Waals surface area contributed by atoms with Crippen LogP contribution in [-0.4, -0.2) is 28.6 Å². The summed E-state index contributed by atoms with van der Waals surface area (Å²) in [5, 5.41) is 9.83. The third kappa shape index (κ3) is 2.42. The molecule has 0 radical (unpaired) electrons. The molecule has 1 atom stereocenters. The molecular formula is C16H16N2O3. The number of amides is 1. The predicted octanol–water partition coefficient (Wildman–Crippen LogP) is 2.52. The molecule has 0 spiro atoms. The van der Waals surface area contributed by atoms with Crippen LogP contribution in [0.2, 0.25) is 0 Å². The SMILES string of the molecule is Cc1ccc2c(c1)O[C@H](C)CN2C(=O)c1ncccc1O. The van der Waals surface area contributed by atoms with Gasteiger partial charge in [-0.2, -0.15) is 0 Å². The lowest BCUT2D eigenvalue weighted by Crippen LogP contribution is -2.42. The number of aryl methyl sites for hydroxylation is 1. The van der Waals surface area contributed by atoms with Gasteiger partial charge in [0.1, 0.15) is 17.6 Å². The minimum absolute atomic E-state index is 0.0538. The number of hydrogen-bond acceptors (Lipinski definition) is 4.